The molecule has 2 fully saturated rings. The summed E-state index contributed by atoms with van der Waals surface area (Å²) in [4.78, 5) is 30.8. The monoisotopic (exact) mass is 413 g/mol. The van der Waals surface area contributed by atoms with Gasteiger partial charge in [0, 0.05) is 42.1 Å². The lowest BCUT2D eigenvalue weighted by Crippen LogP contribution is -2.55. The topological polar surface area (TPSA) is 109 Å². The molecule has 0 spiro atoms. The molecule has 2 amide bonds. The predicted octanol–water partition coefficient (Wildman–Crippen LogP) is 0.218. The highest BCUT2D eigenvalue weighted by Gasteiger charge is 2.48. The number of aliphatic hydroxyl groups is 1. The summed E-state index contributed by atoms with van der Waals surface area (Å²) >= 11 is 0. The molecule has 5 atom stereocenters. The third kappa shape index (κ3) is 3.59. The number of hydrogen-bond donors (Lipinski definition) is 5. The first-order chi connectivity index (χ1) is 14.4. The van der Waals surface area contributed by atoms with Crippen molar-refractivity contribution in [3.63, 3.8) is 0 Å². The van der Waals surface area contributed by atoms with Gasteiger partial charge in [-0.3, -0.25) is 9.59 Å². The molecule has 8 nitrogen and oxygen atoms in total. The number of amides is 2. The Balaban J connectivity index is 1.57. The average Bonchev–Trinajstić information content (AvgIpc) is 3.45. The van der Waals surface area contributed by atoms with E-state index in [0.29, 0.717) is 6.54 Å². The van der Waals surface area contributed by atoms with E-state index in [2.05, 4.69) is 52.3 Å². The van der Waals surface area contributed by atoms with Gasteiger partial charge in [0.05, 0.1) is 18.7 Å². The number of carbonyl (C=O) groups excluding carboxylic acids is 2. The van der Waals surface area contributed by atoms with Crippen molar-refractivity contribution >= 4 is 22.7 Å². The Labute approximate surface area is 176 Å². The van der Waals surface area contributed by atoms with Crippen molar-refractivity contribution in [3.05, 3.63) is 35.5 Å². The number of aryl methyl sites for hydroxylation is 1. The van der Waals surface area contributed by atoms with E-state index in [0.717, 1.165) is 18.5 Å². The summed E-state index contributed by atoms with van der Waals surface area (Å²) in [6, 6.07) is 5.24. The minimum absolute atomic E-state index is 0.00507. The Hall–Kier alpha value is -2.42. The third-order valence-corrected chi connectivity index (χ3v) is 6.64. The van der Waals surface area contributed by atoms with Crippen molar-refractivity contribution in [3.8, 4) is 0 Å². The summed E-state index contributed by atoms with van der Waals surface area (Å²) in [5.41, 5.74) is 3.51. The maximum atomic E-state index is 13.3. The number of benzene rings is 1. The number of H-pyrrole nitrogens is 1. The molecule has 1 aromatic heterocycles. The van der Waals surface area contributed by atoms with Gasteiger partial charge < -0.3 is 30.9 Å². The van der Waals surface area contributed by atoms with Crippen molar-refractivity contribution in [2.75, 3.05) is 26.7 Å². The number of likely N-dealkylation sites (N-methyl/N-ethyl adjacent to an activating group) is 1. The summed E-state index contributed by atoms with van der Waals surface area (Å²) in [7, 11) is 1.68. The fourth-order valence-electron chi connectivity index (χ4n) is 4.87. The van der Waals surface area contributed by atoms with Gasteiger partial charge in [-0.05, 0) is 44.5 Å². The van der Waals surface area contributed by atoms with Crippen LogP contribution in [-0.2, 0) is 9.59 Å². The summed E-state index contributed by atoms with van der Waals surface area (Å²) in [5, 5.41) is 20.1. The number of fused-ring (bicyclic) bond motifs is 2. The minimum atomic E-state index is -0.932. The van der Waals surface area contributed by atoms with E-state index < -0.39 is 18.7 Å². The van der Waals surface area contributed by atoms with Crippen LogP contribution < -0.4 is 16.0 Å². The van der Waals surface area contributed by atoms with Crippen LogP contribution in [0.25, 0.3) is 10.9 Å². The Morgan fingerprint density at radius 1 is 1.37 bits per heavy atom. The summed E-state index contributed by atoms with van der Waals surface area (Å²) < 4.78 is 0. The van der Waals surface area contributed by atoms with Gasteiger partial charge in [-0.2, -0.15) is 0 Å². The lowest BCUT2D eigenvalue weighted by molar-refractivity contribution is -0.138. The Bertz CT molecular complexity index is 942. The molecule has 5 N–H and O–H groups in total. The number of aromatic nitrogens is 1. The lowest BCUT2D eigenvalue weighted by Gasteiger charge is -2.31. The largest absolute Gasteiger partial charge is 0.394 e. The number of aromatic amines is 1. The van der Waals surface area contributed by atoms with E-state index in [4.69, 9.17) is 0 Å². The van der Waals surface area contributed by atoms with Gasteiger partial charge in [0.15, 0.2) is 0 Å². The molecule has 0 aliphatic carbocycles. The van der Waals surface area contributed by atoms with Gasteiger partial charge >= 0.3 is 0 Å². The van der Waals surface area contributed by atoms with E-state index >= 15 is 0 Å². The zero-order valence-electron chi connectivity index (χ0n) is 17.7. The molecule has 0 saturated carbocycles. The van der Waals surface area contributed by atoms with Crippen molar-refractivity contribution < 1.29 is 14.7 Å². The van der Waals surface area contributed by atoms with Crippen LogP contribution in [0.2, 0.25) is 0 Å². The second-order valence-electron chi connectivity index (χ2n) is 8.48. The van der Waals surface area contributed by atoms with E-state index in [9.17, 15) is 14.7 Å². The molecule has 1 aromatic carbocycles. The highest BCUT2D eigenvalue weighted by Crippen LogP contribution is 2.39. The zero-order valence-corrected chi connectivity index (χ0v) is 17.7. The molecule has 2 aliphatic rings. The SMILES string of the molecule is CN[C@@H](C)C(=O)N[C@@H](CO)C(=O)N1CC[C@H]2NC[C@H](c3c[nH]c4cc(C)ccc34)[C@H]21. The number of nitrogens with zero attached hydrogens (tertiary/aromatic N) is 1. The lowest BCUT2D eigenvalue weighted by atomic mass is 9.91. The van der Waals surface area contributed by atoms with Crippen LogP contribution in [0.4, 0.5) is 0 Å². The van der Waals surface area contributed by atoms with Gasteiger partial charge in [-0.25, -0.2) is 0 Å². The van der Waals surface area contributed by atoms with E-state index in [1.165, 1.54) is 16.5 Å². The third-order valence-electron chi connectivity index (χ3n) is 6.64. The van der Waals surface area contributed by atoms with Gasteiger partial charge in [0.2, 0.25) is 11.8 Å². The first kappa shape index (κ1) is 20.8. The molecular formula is C22H31N5O3. The molecule has 0 unspecified atom stereocenters. The Morgan fingerprint density at radius 3 is 2.90 bits per heavy atom. The van der Waals surface area contributed by atoms with Crippen LogP contribution in [0.5, 0.6) is 0 Å². The second kappa shape index (κ2) is 8.37. The van der Waals surface area contributed by atoms with Crippen LogP contribution >= 0.6 is 0 Å². The van der Waals surface area contributed by atoms with Crippen molar-refractivity contribution in [2.45, 2.75) is 50.4 Å². The number of nitrogens with one attached hydrogen (secondary N) is 4. The van der Waals surface area contributed by atoms with E-state index in [1.807, 2.05) is 4.90 Å². The second-order valence-corrected chi connectivity index (χ2v) is 8.48. The first-order valence-electron chi connectivity index (χ1n) is 10.6. The van der Waals surface area contributed by atoms with Crippen LogP contribution in [0, 0.1) is 6.92 Å². The average molecular weight is 414 g/mol. The van der Waals surface area contributed by atoms with Crippen LogP contribution in [0.1, 0.15) is 30.4 Å². The zero-order chi connectivity index (χ0) is 21.4. The van der Waals surface area contributed by atoms with Crippen molar-refractivity contribution in [1.82, 2.24) is 25.8 Å². The fraction of sp³-hybridized carbons (Fsp3) is 0.545. The van der Waals surface area contributed by atoms with Crippen molar-refractivity contribution in [1.29, 1.82) is 0 Å². The highest BCUT2D eigenvalue weighted by molar-refractivity contribution is 5.90. The smallest absolute Gasteiger partial charge is 0.247 e. The molecule has 0 bridgehead atoms. The maximum Gasteiger partial charge on any atom is 0.247 e. The molecule has 2 saturated heterocycles. The van der Waals surface area contributed by atoms with Crippen LogP contribution in [0.3, 0.4) is 0 Å². The molecule has 4 rings (SSSR count). The standard InChI is InChI=1S/C22H31N5O3/c1-12-4-5-14-15(9-25-18(14)8-12)16-10-24-17-6-7-27(20(16)17)22(30)19(11-28)26-21(29)13(2)23-3/h4-5,8-9,13,16-17,19-20,23-25,28H,6-7,10-11H2,1-3H3,(H,26,29)/t13-,16+,17+,19-,20+/m0/s1. The molecule has 0 radical (unpaired) electrons. The quantitative estimate of drug-likeness (QED) is 0.465. The van der Waals surface area contributed by atoms with Gasteiger partial charge in [0.25, 0.3) is 0 Å². The first-order valence-corrected chi connectivity index (χ1v) is 10.6. The van der Waals surface area contributed by atoms with E-state index in [1.54, 1.807) is 14.0 Å². The number of likely N-dealkylation sites (tertiary alicyclic amines) is 1. The summed E-state index contributed by atoms with van der Waals surface area (Å²) in [5.74, 6) is -0.357. The summed E-state index contributed by atoms with van der Waals surface area (Å²) in [6.07, 6.45) is 2.92. The molecule has 8 heteroatoms. The molecule has 2 aliphatic heterocycles. The molecule has 3 heterocycles. The van der Waals surface area contributed by atoms with Crippen molar-refractivity contribution in [2.24, 2.45) is 0 Å². The van der Waals surface area contributed by atoms with E-state index in [-0.39, 0.29) is 29.8 Å². The highest BCUT2D eigenvalue weighted by atomic mass is 16.3. The summed E-state index contributed by atoms with van der Waals surface area (Å²) in [6.45, 7) is 4.79. The molecule has 162 valence electrons. The predicted molar refractivity (Wildman–Crippen MR) is 115 cm³/mol. The van der Waals surface area contributed by atoms with Gasteiger partial charge in [-0.1, -0.05) is 12.1 Å². The number of carbonyl (C=O) groups is 2. The number of rotatable bonds is 6. The fourth-order valence-corrected chi connectivity index (χ4v) is 4.87. The van der Waals surface area contributed by atoms with Crippen LogP contribution in [-0.4, -0.2) is 77.7 Å². The van der Waals surface area contributed by atoms with Gasteiger partial charge in [0.1, 0.15) is 6.04 Å². The Morgan fingerprint density at radius 2 is 2.17 bits per heavy atom. The molecule has 2 aromatic rings. The normalized spacial score (nSPS) is 25.3. The number of aliphatic hydroxyl groups excluding tert-OH is 1. The van der Waals surface area contributed by atoms with Crippen LogP contribution in [0.15, 0.2) is 24.4 Å². The van der Waals surface area contributed by atoms with Gasteiger partial charge in [-0.15, -0.1) is 0 Å². The number of hydrogen-bond acceptors (Lipinski definition) is 5. The molecular weight excluding hydrogens is 382 g/mol. The Kier molecular flexibility index (Phi) is 5.81. The molecule has 30 heavy (non-hydrogen) atoms. The minimum Gasteiger partial charge on any atom is -0.394 e. The maximum absolute atomic E-state index is 13.3.